The van der Waals surface area contributed by atoms with Crippen LogP contribution < -0.4 is 11.1 Å². The maximum absolute atomic E-state index is 13.1. The minimum absolute atomic E-state index is 0.109. The summed E-state index contributed by atoms with van der Waals surface area (Å²) in [6.07, 6.45) is 3.83. The van der Waals surface area contributed by atoms with Gasteiger partial charge in [0.25, 0.3) is 0 Å². The second-order valence-corrected chi connectivity index (χ2v) is 6.04. The van der Waals surface area contributed by atoms with Crippen molar-refractivity contribution in [3.8, 4) is 0 Å². The number of thioether (sulfide) groups is 1. The lowest BCUT2D eigenvalue weighted by molar-refractivity contribution is 0.629. The topological polar surface area (TPSA) is 38.0 Å². The van der Waals surface area contributed by atoms with E-state index in [1.54, 1.807) is 6.07 Å². The Hall–Kier alpha value is -0.610. The highest BCUT2D eigenvalue weighted by Gasteiger charge is 2.14. The number of nitrogens with two attached hydrogens (primary N) is 1. The summed E-state index contributed by atoms with van der Waals surface area (Å²) >= 11 is 7.72. The Morgan fingerprint density at radius 3 is 3.00 bits per heavy atom. The molecule has 0 radical (unpaired) electrons. The smallest absolute Gasteiger partial charge is 0.143 e. The van der Waals surface area contributed by atoms with Gasteiger partial charge < -0.3 is 11.1 Å². The van der Waals surface area contributed by atoms with Crippen molar-refractivity contribution >= 4 is 34.7 Å². The largest absolute Gasteiger partial charge is 0.397 e. The van der Waals surface area contributed by atoms with Crippen molar-refractivity contribution in [3.05, 3.63) is 23.0 Å². The van der Waals surface area contributed by atoms with Gasteiger partial charge in [-0.15, -0.1) is 0 Å². The zero-order valence-electron chi connectivity index (χ0n) is 9.51. The summed E-state index contributed by atoms with van der Waals surface area (Å²) in [5.41, 5.74) is 6.87. The van der Waals surface area contributed by atoms with E-state index in [0.29, 0.717) is 10.9 Å². The van der Waals surface area contributed by atoms with Gasteiger partial charge in [-0.25, -0.2) is 4.39 Å². The van der Waals surface area contributed by atoms with Gasteiger partial charge in [-0.1, -0.05) is 18.0 Å². The lowest BCUT2D eigenvalue weighted by Gasteiger charge is -2.22. The van der Waals surface area contributed by atoms with Crippen LogP contribution in [0.4, 0.5) is 15.8 Å². The lowest BCUT2D eigenvalue weighted by atomic mass is 10.2. The first-order valence-corrected chi connectivity index (χ1v) is 7.19. The van der Waals surface area contributed by atoms with E-state index in [4.69, 9.17) is 17.3 Å². The van der Waals surface area contributed by atoms with Gasteiger partial charge in [0, 0.05) is 17.9 Å². The Balaban J connectivity index is 1.96. The molecule has 0 spiro atoms. The minimum Gasteiger partial charge on any atom is -0.397 e. The van der Waals surface area contributed by atoms with Gasteiger partial charge >= 0.3 is 0 Å². The number of rotatable bonds is 3. The Kier molecular flexibility index (Phi) is 4.40. The molecule has 1 unspecified atom stereocenters. The molecule has 2 rings (SSSR count). The van der Waals surface area contributed by atoms with Crippen molar-refractivity contribution in [3.63, 3.8) is 0 Å². The summed E-state index contributed by atoms with van der Waals surface area (Å²) in [4.78, 5) is 0. The molecule has 0 aromatic heterocycles. The van der Waals surface area contributed by atoms with Crippen LogP contribution in [0, 0.1) is 5.82 Å². The number of anilines is 2. The first-order valence-electron chi connectivity index (χ1n) is 5.77. The Bertz CT molecular complexity index is 394. The molecule has 1 aromatic rings. The zero-order valence-corrected chi connectivity index (χ0v) is 11.1. The van der Waals surface area contributed by atoms with Crippen LogP contribution in [0.3, 0.4) is 0 Å². The predicted octanol–water partition coefficient (Wildman–Crippen LogP) is 3.76. The van der Waals surface area contributed by atoms with Crippen LogP contribution in [0.2, 0.25) is 5.02 Å². The third-order valence-electron chi connectivity index (χ3n) is 2.89. The SMILES string of the molecule is Nc1cc(F)c(Cl)cc1NCC1CCCCS1. The minimum atomic E-state index is -0.471. The molecular formula is C12H16ClFN2S. The highest BCUT2D eigenvalue weighted by molar-refractivity contribution is 7.99. The van der Waals surface area contributed by atoms with E-state index in [9.17, 15) is 4.39 Å². The van der Waals surface area contributed by atoms with Gasteiger partial charge in [0.15, 0.2) is 0 Å². The Labute approximate surface area is 110 Å². The van der Waals surface area contributed by atoms with E-state index in [1.165, 1.54) is 31.1 Å². The molecule has 1 aliphatic rings. The van der Waals surface area contributed by atoms with Gasteiger partial charge in [-0.05, 0) is 24.7 Å². The first kappa shape index (κ1) is 12.8. The molecule has 2 nitrogen and oxygen atoms in total. The van der Waals surface area contributed by atoms with E-state index in [2.05, 4.69) is 5.32 Å². The molecule has 1 saturated heterocycles. The van der Waals surface area contributed by atoms with Crippen LogP contribution in [-0.2, 0) is 0 Å². The van der Waals surface area contributed by atoms with Gasteiger partial charge in [0.2, 0.25) is 0 Å². The number of benzene rings is 1. The summed E-state index contributed by atoms with van der Waals surface area (Å²) in [5, 5.41) is 3.98. The molecule has 0 aliphatic carbocycles. The van der Waals surface area contributed by atoms with Crippen LogP contribution in [0.1, 0.15) is 19.3 Å². The number of hydrogen-bond donors (Lipinski definition) is 2. The Morgan fingerprint density at radius 1 is 1.47 bits per heavy atom. The second kappa shape index (κ2) is 5.83. The van der Waals surface area contributed by atoms with Crippen LogP contribution in [0.15, 0.2) is 12.1 Å². The van der Waals surface area contributed by atoms with Crippen LogP contribution in [0.25, 0.3) is 0 Å². The normalized spacial score (nSPS) is 20.2. The average Bonchev–Trinajstić information content (AvgIpc) is 2.33. The first-order chi connectivity index (χ1) is 8.16. The van der Waals surface area contributed by atoms with Crippen molar-refractivity contribution in [1.82, 2.24) is 0 Å². The van der Waals surface area contributed by atoms with Crippen molar-refractivity contribution in [2.45, 2.75) is 24.5 Å². The summed E-state index contributed by atoms with van der Waals surface area (Å²) in [5.74, 6) is 0.758. The van der Waals surface area contributed by atoms with Gasteiger partial charge in [0.05, 0.1) is 16.4 Å². The molecular weight excluding hydrogens is 259 g/mol. The van der Waals surface area contributed by atoms with Crippen molar-refractivity contribution < 1.29 is 4.39 Å². The standard InChI is InChI=1S/C12H16ClFN2S/c13-9-5-12(11(15)6-10(9)14)16-7-8-3-1-2-4-17-8/h5-6,8,16H,1-4,7,15H2. The molecule has 0 saturated carbocycles. The van der Waals surface area contributed by atoms with Gasteiger partial charge in [-0.2, -0.15) is 11.8 Å². The van der Waals surface area contributed by atoms with Crippen LogP contribution in [0.5, 0.6) is 0 Å². The summed E-state index contributed by atoms with van der Waals surface area (Å²) in [6, 6.07) is 2.82. The van der Waals surface area contributed by atoms with Gasteiger partial charge in [0.1, 0.15) is 5.82 Å². The van der Waals surface area contributed by atoms with E-state index in [1.807, 2.05) is 11.8 Å². The van der Waals surface area contributed by atoms with Gasteiger partial charge in [-0.3, -0.25) is 0 Å². The molecule has 1 heterocycles. The van der Waals surface area contributed by atoms with Crippen LogP contribution in [-0.4, -0.2) is 17.5 Å². The zero-order chi connectivity index (χ0) is 12.3. The monoisotopic (exact) mass is 274 g/mol. The molecule has 1 fully saturated rings. The molecule has 1 aromatic carbocycles. The lowest BCUT2D eigenvalue weighted by Crippen LogP contribution is -2.20. The number of nitrogens with one attached hydrogen (secondary N) is 1. The van der Waals surface area contributed by atoms with Crippen molar-refractivity contribution in [2.75, 3.05) is 23.3 Å². The fraction of sp³-hybridized carbons (Fsp3) is 0.500. The quantitative estimate of drug-likeness (QED) is 0.824. The maximum atomic E-state index is 13.1. The molecule has 0 amide bonds. The second-order valence-electron chi connectivity index (χ2n) is 4.22. The molecule has 94 valence electrons. The summed E-state index contributed by atoms with van der Waals surface area (Å²) < 4.78 is 13.1. The highest BCUT2D eigenvalue weighted by atomic mass is 35.5. The molecule has 0 bridgehead atoms. The Morgan fingerprint density at radius 2 is 2.29 bits per heavy atom. The number of halogens is 2. The molecule has 5 heteroatoms. The highest BCUT2D eigenvalue weighted by Crippen LogP contribution is 2.29. The predicted molar refractivity (Wildman–Crippen MR) is 74.4 cm³/mol. The van der Waals surface area contributed by atoms with E-state index in [-0.39, 0.29) is 5.02 Å². The average molecular weight is 275 g/mol. The summed E-state index contributed by atoms with van der Waals surface area (Å²) in [7, 11) is 0. The number of nitrogen functional groups attached to an aromatic ring is 1. The molecule has 17 heavy (non-hydrogen) atoms. The summed E-state index contributed by atoms with van der Waals surface area (Å²) in [6.45, 7) is 0.858. The fourth-order valence-corrected chi connectivity index (χ4v) is 3.31. The third kappa shape index (κ3) is 3.42. The fourth-order valence-electron chi connectivity index (χ4n) is 1.91. The molecule has 1 aliphatic heterocycles. The molecule has 3 N–H and O–H groups in total. The maximum Gasteiger partial charge on any atom is 0.143 e. The van der Waals surface area contributed by atoms with Crippen molar-refractivity contribution in [2.24, 2.45) is 0 Å². The van der Waals surface area contributed by atoms with E-state index < -0.39 is 5.82 Å². The van der Waals surface area contributed by atoms with E-state index >= 15 is 0 Å². The number of hydrogen-bond acceptors (Lipinski definition) is 3. The van der Waals surface area contributed by atoms with Crippen molar-refractivity contribution in [1.29, 1.82) is 0 Å². The molecule has 1 atom stereocenters. The van der Waals surface area contributed by atoms with Crippen LogP contribution >= 0.6 is 23.4 Å². The van der Waals surface area contributed by atoms with E-state index in [0.717, 1.165) is 12.2 Å². The third-order valence-corrected chi connectivity index (χ3v) is 4.57.